The van der Waals surface area contributed by atoms with E-state index in [1.165, 1.54) is 24.3 Å². The van der Waals surface area contributed by atoms with Crippen LogP contribution in [-0.4, -0.2) is 29.4 Å². The predicted octanol–water partition coefficient (Wildman–Crippen LogP) is 3.53. The highest BCUT2D eigenvalue weighted by atomic mass is 32.2. The molecule has 0 bridgehead atoms. The zero-order valence-electron chi connectivity index (χ0n) is 12.4. The van der Waals surface area contributed by atoms with Crippen LogP contribution >= 0.6 is 11.8 Å². The number of nitrogens with one attached hydrogen (secondary N) is 1. The number of aliphatic hydroxyl groups is 1. The van der Waals surface area contributed by atoms with Gasteiger partial charge in [0.2, 0.25) is 0 Å². The van der Waals surface area contributed by atoms with Crippen molar-refractivity contribution in [3.05, 3.63) is 29.8 Å². The second kappa shape index (κ2) is 7.75. The maximum atomic E-state index is 12.2. The molecule has 0 aliphatic carbocycles. The fraction of sp³-hybridized carbons (Fsp3) is 0.533. The Morgan fingerprint density at radius 3 is 2.38 bits per heavy atom. The van der Waals surface area contributed by atoms with Gasteiger partial charge in [-0.15, -0.1) is 0 Å². The van der Waals surface area contributed by atoms with Crippen molar-refractivity contribution in [3.63, 3.8) is 0 Å². The van der Waals surface area contributed by atoms with Crippen LogP contribution in [0.5, 0.6) is 0 Å². The Bertz CT molecular complexity index is 461. The standard InChI is InChI=1S/C15H21F2NO2S/c1-10(19)8-15(2,3)9-18-13(20)11-4-6-12(7-5-11)21-14(16)17/h4-7,10,14,19H,8-9H2,1-3H3,(H,18,20). The zero-order chi connectivity index (χ0) is 16.0. The quantitative estimate of drug-likeness (QED) is 0.756. The van der Waals surface area contributed by atoms with E-state index < -0.39 is 11.9 Å². The molecule has 0 heterocycles. The van der Waals surface area contributed by atoms with Gasteiger partial charge in [0, 0.05) is 17.0 Å². The average molecular weight is 317 g/mol. The van der Waals surface area contributed by atoms with Crippen molar-refractivity contribution in [2.75, 3.05) is 6.54 Å². The van der Waals surface area contributed by atoms with Crippen molar-refractivity contribution in [2.45, 2.75) is 43.9 Å². The van der Waals surface area contributed by atoms with Crippen LogP contribution in [0, 0.1) is 5.41 Å². The summed E-state index contributed by atoms with van der Waals surface area (Å²) in [6.07, 6.45) is 0.152. The Balaban J connectivity index is 2.56. The molecule has 1 rings (SSSR count). The molecule has 0 radical (unpaired) electrons. The molecule has 21 heavy (non-hydrogen) atoms. The molecule has 0 saturated heterocycles. The molecule has 0 saturated carbocycles. The van der Waals surface area contributed by atoms with Gasteiger partial charge < -0.3 is 10.4 Å². The van der Waals surface area contributed by atoms with E-state index in [1.54, 1.807) is 6.92 Å². The fourth-order valence-corrected chi connectivity index (χ4v) is 2.58. The molecule has 118 valence electrons. The van der Waals surface area contributed by atoms with Crippen molar-refractivity contribution < 1.29 is 18.7 Å². The molecule has 3 nitrogen and oxygen atoms in total. The largest absolute Gasteiger partial charge is 0.393 e. The molecule has 1 aromatic carbocycles. The second-order valence-electron chi connectivity index (χ2n) is 5.80. The van der Waals surface area contributed by atoms with Gasteiger partial charge >= 0.3 is 0 Å². The summed E-state index contributed by atoms with van der Waals surface area (Å²) in [6, 6.07) is 6.07. The maximum absolute atomic E-state index is 12.2. The van der Waals surface area contributed by atoms with Crippen LogP contribution in [-0.2, 0) is 0 Å². The van der Waals surface area contributed by atoms with E-state index >= 15 is 0 Å². The summed E-state index contributed by atoms with van der Waals surface area (Å²) in [6.45, 7) is 6.07. The summed E-state index contributed by atoms with van der Waals surface area (Å²) >= 11 is 0.450. The van der Waals surface area contributed by atoms with Crippen LogP contribution in [0.3, 0.4) is 0 Å². The van der Waals surface area contributed by atoms with Crippen molar-refractivity contribution in [3.8, 4) is 0 Å². The van der Waals surface area contributed by atoms with Gasteiger partial charge in [0.1, 0.15) is 0 Å². The van der Waals surface area contributed by atoms with Gasteiger partial charge in [0.25, 0.3) is 11.7 Å². The molecule has 0 aliphatic rings. The number of rotatable bonds is 7. The highest BCUT2D eigenvalue weighted by Gasteiger charge is 2.21. The number of thioether (sulfide) groups is 1. The first-order valence-electron chi connectivity index (χ1n) is 6.71. The average Bonchev–Trinajstić information content (AvgIpc) is 2.34. The Labute approximate surface area is 128 Å². The van der Waals surface area contributed by atoms with Crippen LogP contribution < -0.4 is 5.32 Å². The lowest BCUT2D eigenvalue weighted by Gasteiger charge is -2.26. The van der Waals surface area contributed by atoms with E-state index in [-0.39, 0.29) is 11.3 Å². The molecular weight excluding hydrogens is 296 g/mol. The van der Waals surface area contributed by atoms with Gasteiger partial charge in [-0.1, -0.05) is 25.6 Å². The first-order chi connectivity index (χ1) is 9.69. The van der Waals surface area contributed by atoms with Gasteiger partial charge in [-0.05, 0) is 43.0 Å². The maximum Gasteiger partial charge on any atom is 0.288 e. The van der Waals surface area contributed by atoms with Crippen LogP contribution in [0.2, 0.25) is 0 Å². The topological polar surface area (TPSA) is 49.3 Å². The monoisotopic (exact) mass is 317 g/mol. The summed E-state index contributed by atoms with van der Waals surface area (Å²) in [4.78, 5) is 12.4. The van der Waals surface area contributed by atoms with Gasteiger partial charge in [-0.25, -0.2) is 0 Å². The summed E-state index contributed by atoms with van der Waals surface area (Å²) in [7, 11) is 0. The number of amides is 1. The highest BCUT2D eigenvalue weighted by molar-refractivity contribution is 7.99. The minimum absolute atomic E-state index is 0.213. The summed E-state index contributed by atoms with van der Waals surface area (Å²) in [5, 5.41) is 12.2. The highest BCUT2D eigenvalue weighted by Crippen LogP contribution is 2.25. The Kier molecular flexibility index (Phi) is 6.61. The fourth-order valence-electron chi connectivity index (χ4n) is 2.08. The number of halogens is 2. The molecule has 1 aromatic rings. The molecule has 1 unspecified atom stereocenters. The second-order valence-corrected chi connectivity index (χ2v) is 6.87. The molecule has 1 amide bonds. The van der Waals surface area contributed by atoms with Crippen LogP contribution in [0.4, 0.5) is 8.78 Å². The van der Waals surface area contributed by atoms with Gasteiger partial charge in [0.05, 0.1) is 6.10 Å². The molecule has 0 aromatic heterocycles. The van der Waals surface area contributed by atoms with Crippen molar-refractivity contribution in [1.82, 2.24) is 5.32 Å². The summed E-state index contributed by atoms with van der Waals surface area (Å²) < 4.78 is 24.4. The number of benzene rings is 1. The first kappa shape index (κ1) is 17.9. The van der Waals surface area contributed by atoms with E-state index in [2.05, 4.69) is 5.32 Å². The molecule has 1 atom stereocenters. The van der Waals surface area contributed by atoms with Crippen molar-refractivity contribution in [1.29, 1.82) is 0 Å². The molecular formula is C15H21F2NO2S. The Morgan fingerprint density at radius 1 is 1.33 bits per heavy atom. The van der Waals surface area contributed by atoms with Gasteiger partial charge in [-0.2, -0.15) is 8.78 Å². The lowest BCUT2D eigenvalue weighted by Crippen LogP contribution is -2.35. The third kappa shape index (κ3) is 6.91. The number of carbonyl (C=O) groups excluding carboxylic acids is 1. The predicted molar refractivity (Wildman–Crippen MR) is 80.7 cm³/mol. The first-order valence-corrected chi connectivity index (χ1v) is 7.59. The normalized spacial score (nSPS) is 13.3. The van der Waals surface area contributed by atoms with E-state index in [0.717, 1.165) is 0 Å². The Hall–Kier alpha value is -1.14. The van der Waals surface area contributed by atoms with Crippen LogP contribution in [0.25, 0.3) is 0 Å². The number of aliphatic hydroxyl groups excluding tert-OH is 1. The molecule has 2 N–H and O–H groups in total. The van der Waals surface area contributed by atoms with Crippen molar-refractivity contribution in [2.24, 2.45) is 5.41 Å². The lowest BCUT2D eigenvalue weighted by atomic mass is 9.87. The molecule has 0 fully saturated rings. The molecule has 0 aliphatic heterocycles. The van der Waals surface area contributed by atoms with Crippen molar-refractivity contribution >= 4 is 17.7 Å². The third-order valence-corrected chi connectivity index (χ3v) is 3.64. The number of alkyl halides is 2. The minimum Gasteiger partial charge on any atom is -0.393 e. The van der Waals surface area contributed by atoms with E-state index in [9.17, 15) is 18.7 Å². The summed E-state index contributed by atoms with van der Waals surface area (Å²) in [5.41, 5.74) is 0.219. The smallest absolute Gasteiger partial charge is 0.288 e. The molecule has 6 heteroatoms. The van der Waals surface area contributed by atoms with E-state index in [4.69, 9.17) is 0 Å². The van der Waals surface area contributed by atoms with Crippen LogP contribution in [0.1, 0.15) is 37.6 Å². The molecule has 0 spiro atoms. The third-order valence-electron chi connectivity index (χ3n) is 2.92. The SMILES string of the molecule is CC(O)CC(C)(C)CNC(=O)c1ccc(SC(F)F)cc1. The Morgan fingerprint density at radius 2 is 1.90 bits per heavy atom. The summed E-state index contributed by atoms with van der Waals surface area (Å²) in [5.74, 6) is -2.71. The zero-order valence-corrected chi connectivity index (χ0v) is 13.2. The number of hydrogen-bond acceptors (Lipinski definition) is 3. The van der Waals surface area contributed by atoms with Gasteiger partial charge in [-0.3, -0.25) is 4.79 Å². The van der Waals surface area contributed by atoms with E-state index in [1.807, 2.05) is 13.8 Å². The minimum atomic E-state index is -2.47. The van der Waals surface area contributed by atoms with E-state index in [0.29, 0.717) is 35.2 Å². The number of hydrogen-bond donors (Lipinski definition) is 2. The van der Waals surface area contributed by atoms with Crippen LogP contribution in [0.15, 0.2) is 29.2 Å². The van der Waals surface area contributed by atoms with Gasteiger partial charge in [0.15, 0.2) is 0 Å². The number of carbonyl (C=O) groups is 1. The lowest BCUT2D eigenvalue weighted by molar-refractivity contribution is 0.0902.